The fraction of sp³-hybridized carbons (Fsp3) is 0.577. The van der Waals surface area contributed by atoms with Crippen LogP contribution in [0.15, 0.2) is 30.6 Å². The van der Waals surface area contributed by atoms with Crippen LogP contribution in [0, 0.1) is 5.92 Å². The Kier molecular flexibility index (Phi) is 7.88. The summed E-state index contributed by atoms with van der Waals surface area (Å²) in [7, 11) is 0. The van der Waals surface area contributed by atoms with E-state index in [4.69, 9.17) is 9.97 Å². The Hall–Kier alpha value is -2.87. The normalized spacial score (nSPS) is 23.7. The number of carbonyl (C=O) groups excluding carboxylic acids is 2. The number of fused-ring (bicyclic) bond motifs is 3. The number of piperidine rings is 3. The van der Waals surface area contributed by atoms with Gasteiger partial charge in [-0.2, -0.15) is 0 Å². The molecule has 3 fully saturated rings. The minimum absolute atomic E-state index is 0.0199. The molecule has 0 aliphatic carbocycles. The van der Waals surface area contributed by atoms with Crippen LogP contribution in [0.3, 0.4) is 0 Å². The molecule has 0 spiro atoms. The van der Waals surface area contributed by atoms with Crippen LogP contribution in [-0.4, -0.2) is 52.5 Å². The summed E-state index contributed by atoms with van der Waals surface area (Å²) in [6.07, 6.45) is 7.61. The van der Waals surface area contributed by atoms with Crippen LogP contribution in [0.4, 0.5) is 0 Å². The second kappa shape index (κ2) is 11.0. The van der Waals surface area contributed by atoms with Gasteiger partial charge in [0.25, 0.3) is 0 Å². The van der Waals surface area contributed by atoms with Crippen molar-refractivity contribution in [1.29, 1.82) is 0 Å². The van der Waals surface area contributed by atoms with Crippen LogP contribution >= 0.6 is 0 Å². The molecule has 8 heteroatoms. The summed E-state index contributed by atoms with van der Waals surface area (Å²) in [6.45, 7) is 7.12. The number of hydrogen-bond donors (Lipinski definition) is 2. The Morgan fingerprint density at radius 1 is 1.18 bits per heavy atom. The Labute approximate surface area is 201 Å². The molecule has 0 radical (unpaired) electrons. The average molecular weight is 466 g/mol. The topological polar surface area (TPSA) is 112 Å². The van der Waals surface area contributed by atoms with Crippen molar-refractivity contribution in [2.45, 2.75) is 70.3 Å². The number of nitrogens with zero attached hydrogens (tertiary/aromatic N) is 3. The Bertz CT molecular complexity index is 995. The fourth-order valence-electron chi connectivity index (χ4n) is 5.64. The molecule has 3 aliphatic rings. The van der Waals surface area contributed by atoms with E-state index in [1.165, 1.54) is 4.90 Å². The van der Waals surface area contributed by atoms with Gasteiger partial charge in [-0.15, -0.1) is 0 Å². The highest BCUT2D eigenvalue weighted by Gasteiger charge is 2.45. The van der Waals surface area contributed by atoms with Gasteiger partial charge in [0.05, 0.1) is 31.2 Å². The van der Waals surface area contributed by atoms with Crippen molar-refractivity contribution >= 4 is 11.9 Å². The van der Waals surface area contributed by atoms with E-state index in [0.29, 0.717) is 30.3 Å². The molecule has 34 heavy (non-hydrogen) atoms. The second-order valence-corrected chi connectivity index (χ2v) is 9.67. The minimum atomic E-state index is -1.19. The predicted molar refractivity (Wildman–Crippen MR) is 126 cm³/mol. The summed E-state index contributed by atoms with van der Waals surface area (Å²) in [4.78, 5) is 38.2. The molecule has 0 aromatic carbocycles. The first-order valence-electron chi connectivity index (χ1n) is 12.6. The highest BCUT2D eigenvalue weighted by molar-refractivity contribution is 5.79. The van der Waals surface area contributed by atoms with Gasteiger partial charge in [0.2, 0.25) is 5.91 Å². The summed E-state index contributed by atoms with van der Waals surface area (Å²) >= 11 is 0. The lowest BCUT2D eigenvalue weighted by Gasteiger charge is -2.46. The van der Waals surface area contributed by atoms with E-state index in [9.17, 15) is 14.7 Å². The number of quaternary nitrogens is 1. The molecule has 0 saturated carbocycles. The van der Waals surface area contributed by atoms with Crippen LogP contribution in [0.25, 0.3) is 11.4 Å². The van der Waals surface area contributed by atoms with Gasteiger partial charge >= 0.3 is 0 Å². The van der Waals surface area contributed by atoms with Crippen LogP contribution in [0.2, 0.25) is 0 Å². The van der Waals surface area contributed by atoms with E-state index in [1.807, 2.05) is 12.1 Å². The summed E-state index contributed by atoms with van der Waals surface area (Å²) in [5, 5.41) is 13.5. The van der Waals surface area contributed by atoms with E-state index in [0.717, 1.165) is 61.5 Å². The van der Waals surface area contributed by atoms with Gasteiger partial charge in [-0.05, 0) is 43.4 Å². The number of aliphatic carboxylic acids is 1. The first kappa shape index (κ1) is 24.3. The summed E-state index contributed by atoms with van der Waals surface area (Å²) in [5.41, 5.74) is 3.27. The molecule has 182 valence electrons. The van der Waals surface area contributed by atoms with Gasteiger partial charge in [0.1, 0.15) is 6.04 Å². The average Bonchev–Trinajstić information content (AvgIpc) is 2.87. The van der Waals surface area contributed by atoms with Gasteiger partial charge in [-0.25, -0.2) is 9.97 Å². The number of carboxylic acids is 1. The van der Waals surface area contributed by atoms with E-state index in [1.54, 1.807) is 12.4 Å². The number of amides is 1. The highest BCUT2D eigenvalue weighted by atomic mass is 16.4. The second-order valence-electron chi connectivity index (χ2n) is 9.67. The number of carbonyl (C=O) groups is 2. The van der Waals surface area contributed by atoms with Gasteiger partial charge in [0.15, 0.2) is 5.82 Å². The van der Waals surface area contributed by atoms with E-state index in [2.05, 4.69) is 30.2 Å². The number of nitrogens with one attached hydrogen (secondary N) is 2. The zero-order chi connectivity index (χ0) is 24.1. The molecule has 3 aliphatic heterocycles. The summed E-state index contributed by atoms with van der Waals surface area (Å²) < 4.78 is 0. The number of carboxylic acid groups (broad SMARTS) is 1. The Morgan fingerprint density at radius 2 is 1.94 bits per heavy atom. The molecule has 5 rings (SSSR count). The molecule has 4 atom stereocenters. The van der Waals surface area contributed by atoms with Gasteiger partial charge < -0.3 is 20.1 Å². The van der Waals surface area contributed by atoms with E-state index < -0.39 is 5.97 Å². The first-order valence-corrected chi connectivity index (χ1v) is 12.6. The zero-order valence-electron chi connectivity index (χ0n) is 20.1. The van der Waals surface area contributed by atoms with Crippen LogP contribution in [0.1, 0.15) is 75.6 Å². The highest BCUT2D eigenvalue weighted by Crippen LogP contribution is 2.36. The lowest BCUT2D eigenvalue weighted by atomic mass is 9.74. The van der Waals surface area contributed by atoms with Gasteiger partial charge in [-0.3, -0.25) is 9.78 Å². The smallest absolute Gasteiger partial charge is 0.220 e. The zero-order valence-corrected chi connectivity index (χ0v) is 20.1. The lowest BCUT2D eigenvalue weighted by molar-refractivity contribution is -0.942. The molecule has 2 bridgehead atoms. The fourth-order valence-corrected chi connectivity index (χ4v) is 5.64. The maximum absolute atomic E-state index is 12.0. The van der Waals surface area contributed by atoms with Crippen molar-refractivity contribution in [3.05, 3.63) is 42.0 Å². The van der Waals surface area contributed by atoms with Crippen molar-refractivity contribution in [3.8, 4) is 11.4 Å². The summed E-state index contributed by atoms with van der Waals surface area (Å²) in [6, 6.07) is 6.54. The SMILES string of the molecule is CCC(CC)c1cc([C@H]2C[NH+]3CC[C@H]2C[C@@H]3CNC(=O)CCC(=O)[O-])nc(-c2ccncc2)n1. The van der Waals surface area contributed by atoms with Crippen LogP contribution in [0.5, 0.6) is 0 Å². The molecule has 2 aromatic heterocycles. The number of aromatic nitrogens is 3. The molecule has 5 heterocycles. The van der Waals surface area contributed by atoms with Crippen molar-refractivity contribution in [2.24, 2.45) is 5.92 Å². The van der Waals surface area contributed by atoms with Crippen LogP contribution < -0.4 is 15.3 Å². The van der Waals surface area contributed by atoms with Crippen LogP contribution in [-0.2, 0) is 9.59 Å². The Morgan fingerprint density at radius 3 is 2.59 bits per heavy atom. The summed E-state index contributed by atoms with van der Waals surface area (Å²) in [5.74, 6) is 0.704. The number of pyridine rings is 1. The maximum Gasteiger partial charge on any atom is 0.220 e. The monoisotopic (exact) mass is 465 g/mol. The van der Waals surface area contributed by atoms with E-state index in [-0.39, 0.29) is 18.7 Å². The third-order valence-electron chi connectivity index (χ3n) is 7.64. The number of hydrogen-bond acceptors (Lipinski definition) is 6. The molecule has 1 amide bonds. The standard InChI is InChI=1S/C26H35N5O3/c1-3-17(4-2)22-14-23(30-26(29-22)18-7-10-27-11-8-18)21-16-31-12-9-19(21)13-20(31)15-28-24(32)5-6-25(33)34/h7-8,10-11,14,17,19-21H,3-6,9,12-13,15-16H2,1-2H3,(H,28,32)(H,33,34)/t19-,20+,21-/m0/s1. The van der Waals surface area contributed by atoms with Gasteiger partial charge in [0, 0.05) is 54.8 Å². The maximum atomic E-state index is 12.0. The van der Waals surface area contributed by atoms with Crippen molar-refractivity contribution in [3.63, 3.8) is 0 Å². The number of rotatable bonds is 10. The van der Waals surface area contributed by atoms with Crippen molar-refractivity contribution < 1.29 is 19.6 Å². The van der Waals surface area contributed by atoms with Crippen molar-refractivity contribution in [2.75, 3.05) is 19.6 Å². The molecule has 3 saturated heterocycles. The first-order chi connectivity index (χ1) is 16.5. The third-order valence-corrected chi connectivity index (χ3v) is 7.64. The molecule has 2 N–H and O–H groups in total. The van der Waals surface area contributed by atoms with Gasteiger partial charge in [-0.1, -0.05) is 13.8 Å². The quantitative estimate of drug-likeness (QED) is 0.538. The van der Waals surface area contributed by atoms with E-state index >= 15 is 0 Å². The molecule has 2 aromatic rings. The molecular weight excluding hydrogens is 430 g/mol. The molecule has 1 unspecified atom stereocenters. The molecule has 8 nitrogen and oxygen atoms in total. The largest absolute Gasteiger partial charge is 0.550 e. The Balaban J connectivity index is 1.51. The minimum Gasteiger partial charge on any atom is -0.550 e. The van der Waals surface area contributed by atoms with Crippen molar-refractivity contribution in [1.82, 2.24) is 20.3 Å². The predicted octanol–water partition coefficient (Wildman–Crippen LogP) is 0.849. The third kappa shape index (κ3) is 5.60. The molecular formula is C26H35N5O3. The lowest BCUT2D eigenvalue weighted by Crippen LogP contribution is -3.20.